The maximum Gasteiger partial charge on any atom is 0.255 e. The second kappa shape index (κ2) is 8.73. The number of hydrogen-bond donors (Lipinski definition) is 1. The molecule has 0 aliphatic carbocycles. The van der Waals surface area contributed by atoms with Gasteiger partial charge in [0, 0.05) is 23.6 Å². The molecule has 0 fully saturated rings. The van der Waals surface area contributed by atoms with Crippen molar-refractivity contribution in [1.82, 2.24) is 4.98 Å². The highest BCUT2D eigenvalue weighted by Crippen LogP contribution is 2.26. The molecule has 0 bridgehead atoms. The molecule has 1 heterocycles. The van der Waals surface area contributed by atoms with Crippen LogP contribution < -0.4 is 5.32 Å². The lowest BCUT2D eigenvalue weighted by Crippen LogP contribution is -2.17. The number of benzene rings is 2. The Hall–Kier alpha value is -2.45. The van der Waals surface area contributed by atoms with Crippen LogP contribution in [0.4, 0.5) is 5.69 Å². The largest absolute Gasteiger partial charge is 0.320 e. The van der Waals surface area contributed by atoms with Gasteiger partial charge in [-0.05, 0) is 36.4 Å². The van der Waals surface area contributed by atoms with Gasteiger partial charge in [-0.25, -0.2) is 13.4 Å². The van der Waals surface area contributed by atoms with Crippen molar-refractivity contribution in [2.24, 2.45) is 0 Å². The Morgan fingerprint density at radius 3 is 2.33 bits per heavy atom. The van der Waals surface area contributed by atoms with Crippen molar-refractivity contribution < 1.29 is 18.0 Å². The van der Waals surface area contributed by atoms with E-state index < -0.39 is 21.5 Å². The Labute approximate surface area is 187 Å². The minimum absolute atomic E-state index is 0.0203. The van der Waals surface area contributed by atoms with Crippen LogP contribution in [0.15, 0.2) is 59.6 Å². The first kappa shape index (κ1) is 22.2. The van der Waals surface area contributed by atoms with Gasteiger partial charge in [0.15, 0.2) is 9.84 Å². The highest BCUT2D eigenvalue weighted by Gasteiger charge is 2.24. The van der Waals surface area contributed by atoms with Gasteiger partial charge >= 0.3 is 0 Å². The highest BCUT2D eigenvalue weighted by atomic mass is 35.5. The Balaban J connectivity index is 2.03. The summed E-state index contributed by atoms with van der Waals surface area (Å²) < 4.78 is 24.1. The molecule has 0 radical (unpaired) electrons. The summed E-state index contributed by atoms with van der Waals surface area (Å²) in [7, 11) is -3.67. The van der Waals surface area contributed by atoms with Gasteiger partial charge in [-0.3, -0.25) is 9.59 Å². The van der Waals surface area contributed by atoms with E-state index >= 15 is 0 Å². The summed E-state index contributed by atoms with van der Waals surface area (Å²) in [6.07, 6.45) is 2.23. The number of nitrogens with zero attached hydrogens (tertiary/aromatic N) is 1. The van der Waals surface area contributed by atoms with Crippen LogP contribution in [-0.4, -0.2) is 31.3 Å². The molecule has 0 saturated heterocycles. The maximum absolute atomic E-state index is 13.1. The van der Waals surface area contributed by atoms with Crippen LogP contribution in [0.5, 0.6) is 0 Å². The van der Waals surface area contributed by atoms with E-state index in [1.165, 1.54) is 54.7 Å². The second-order valence-electron chi connectivity index (χ2n) is 6.23. The van der Waals surface area contributed by atoms with E-state index in [9.17, 15) is 18.0 Å². The van der Waals surface area contributed by atoms with Crippen LogP contribution in [-0.2, 0) is 9.84 Å². The van der Waals surface area contributed by atoms with Crippen LogP contribution in [0.3, 0.4) is 0 Å². The van der Waals surface area contributed by atoms with Gasteiger partial charge in [0.25, 0.3) is 5.91 Å². The predicted molar refractivity (Wildman–Crippen MR) is 117 cm³/mol. The number of pyridine rings is 1. The first-order valence-electron chi connectivity index (χ1n) is 8.33. The van der Waals surface area contributed by atoms with Crippen LogP contribution in [0.2, 0.25) is 15.1 Å². The first-order chi connectivity index (χ1) is 14.1. The Bertz CT molecular complexity index is 1280. The smallest absolute Gasteiger partial charge is 0.255 e. The lowest BCUT2D eigenvalue weighted by Gasteiger charge is -2.12. The average molecular weight is 484 g/mol. The van der Waals surface area contributed by atoms with Crippen LogP contribution in [0.1, 0.15) is 26.4 Å². The molecular formula is C20H13Cl3N2O4S. The zero-order valence-electron chi connectivity index (χ0n) is 15.3. The molecule has 30 heavy (non-hydrogen) atoms. The fraction of sp³-hybridized carbons (Fsp3) is 0.0500. The molecule has 0 saturated carbocycles. The van der Waals surface area contributed by atoms with Crippen molar-refractivity contribution in [3.05, 3.63) is 86.6 Å². The molecule has 2 aromatic carbocycles. The highest BCUT2D eigenvalue weighted by molar-refractivity contribution is 7.90. The molecule has 1 N–H and O–H groups in total. The molecule has 1 amide bonds. The molecule has 0 spiro atoms. The quantitative estimate of drug-likeness (QED) is 0.519. The van der Waals surface area contributed by atoms with E-state index in [4.69, 9.17) is 34.8 Å². The Kier molecular flexibility index (Phi) is 6.47. The number of hydrogen-bond acceptors (Lipinski definition) is 5. The van der Waals surface area contributed by atoms with Crippen molar-refractivity contribution in [1.29, 1.82) is 0 Å². The lowest BCUT2D eigenvalue weighted by atomic mass is 10.1. The number of ketones is 1. The van der Waals surface area contributed by atoms with E-state index in [0.29, 0.717) is 0 Å². The van der Waals surface area contributed by atoms with Crippen molar-refractivity contribution in [2.75, 3.05) is 11.6 Å². The number of nitrogens with one attached hydrogen (secondary N) is 1. The summed E-state index contributed by atoms with van der Waals surface area (Å²) in [5.41, 5.74) is -0.0186. The topological polar surface area (TPSA) is 93.2 Å². The third-order valence-electron chi connectivity index (χ3n) is 4.03. The summed E-state index contributed by atoms with van der Waals surface area (Å²) in [5.74, 6) is -1.26. The SMILES string of the molecule is CS(=O)(=O)c1ccccc1C(=O)c1ncc(Cl)cc1NC(=O)c1ccc(Cl)c(Cl)c1. The summed E-state index contributed by atoms with van der Waals surface area (Å²) >= 11 is 17.8. The van der Waals surface area contributed by atoms with Gasteiger partial charge < -0.3 is 5.32 Å². The third-order valence-corrected chi connectivity index (χ3v) is 6.13. The number of carbonyl (C=O) groups is 2. The van der Waals surface area contributed by atoms with Crippen molar-refractivity contribution in [2.45, 2.75) is 4.90 Å². The van der Waals surface area contributed by atoms with E-state index in [1.54, 1.807) is 0 Å². The fourth-order valence-electron chi connectivity index (χ4n) is 2.65. The fourth-order valence-corrected chi connectivity index (χ4v) is 3.99. The first-order valence-corrected chi connectivity index (χ1v) is 11.4. The van der Waals surface area contributed by atoms with Crippen LogP contribution >= 0.6 is 34.8 Å². The third kappa shape index (κ3) is 4.82. The molecule has 154 valence electrons. The lowest BCUT2D eigenvalue weighted by molar-refractivity contribution is 0.102. The van der Waals surface area contributed by atoms with Crippen LogP contribution in [0, 0.1) is 0 Å². The minimum atomic E-state index is -3.67. The molecule has 0 aliphatic heterocycles. The number of aromatic nitrogens is 1. The molecule has 0 atom stereocenters. The van der Waals surface area contributed by atoms with E-state index in [1.807, 2.05) is 0 Å². The molecule has 3 aromatic rings. The molecule has 0 unspecified atom stereocenters. The number of halogens is 3. The van der Waals surface area contributed by atoms with Gasteiger partial charge in [0.1, 0.15) is 5.69 Å². The van der Waals surface area contributed by atoms with Crippen LogP contribution in [0.25, 0.3) is 0 Å². The number of amides is 1. The van der Waals surface area contributed by atoms with Crippen molar-refractivity contribution in [3.63, 3.8) is 0 Å². The standard InChI is InChI=1S/C20H13Cl3N2O4S/c1-30(28,29)17-5-3-2-4-13(17)19(26)18-16(9-12(21)10-24-18)25-20(27)11-6-7-14(22)15(23)8-11/h2-10H,1H3,(H,25,27). The summed E-state index contributed by atoms with van der Waals surface area (Å²) in [5, 5.41) is 3.21. The Morgan fingerprint density at radius 1 is 0.967 bits per heavy atom. The number of rotatable bonds is 5. The molecule has 3 rings (SSSR count). The number of carbonyl (C=O) groups excluding carboxylic acids is 2. The average Bonchev–Trinajstić information content (AvgIpc) is 2.69. The van der Waals surface area contributed by atoms with Gasteiger partial charge in [-0.2, -0.15) is 0 Å². The normalized spacial score (nSPS) is 11.2. The molecule has 1 aromatic heterocycles. The van der Waals surface area contributed by atoms with E-state index in [2.05, 4.69) is 10.3 Å². The number of sulfone groups is 1. The molecule has 10 heteroatoms. The van der Waals surface area contributed by atoms with Crippen molar-refractivity contribution in [3.8, 4) is 0 Å². The summed E-state index contributed by atoms with van der Waals surface area (Å²) in [6.45, 7) is 0. The summed E-state index contributed by atoms with van der Waals surface area (Å²) in [6, 6.07) is 11.4. The predicted octanol–water partition coefficient (Wildman–Crippen LogP) is 4.93. The Morgan fingerprint density at radius 2 is 1.67 bits per heavy atom. The van der Waals surface area contributed by atoms with Gasteiger partial charge in [-0.1, -0.05) is 46.9 Å². The monoisotopic (exact) mass is 482 g/mol. The maximum atomic E-state index is 13.1. The van der Waals surface area contributed by atoms with Gasteiger partial charge in [-0.15, -0.1) is 0 Å². The molecular weight excluding hydrogens is 471 g/mol. The van der Waals surface area contributed by atoms with E-state index in [0.717, 1.165) is 6.26 Å². The molecule has 0 aliphatic rings. The zero-order valence-corrected chi connectivity index (χ0v) is 18.4. The molecule has 6 nitrogen and oxygen atoms in total. The second-order valence-corrected chi connectivity index (χ2v) is 9.47. The van der Waals surface area contributed by atoms with Gasteiger partial charge in [0.05, 0.1) is 25.7 Å². The minimum Gasteiger partial charge on any atom is -0.320 e. The summed E-state index contributed by atoms with van der Waals surface area (Å²) in [4.78, 5) is 29.6. The van der Waals surface area contributed by atoms with Gasteiger partial charge in [0.2, 0.25) is 5.78 Å². The van der Waals surface area contributed by atoms with Crippen molar-refractivity contribution >= 4 is 62.0 Å². The number of anilines is 1. The zero-order chi connectivity index (χ0) is 22.1. The van der Waals surface area contributed by atoms with E-state index in [-0.39, 0.29) is 42.5 Å².